The van der Waals surface area contributed by atoms with E-state index >= 15 is 0 Å². The highest BCUT2D eigenvalue weighted by Crippen LogP contribution is 2.10. The van der Waals surface area contributed by atoms with Gasteiger partial charge in [0.05, 0.1) is 0 Å². The van der Waals surface area contributed by atoms with Gasteiger partial charge in [-0.05, 0) is 19.3 Å². The van der Waals surface area contributed by atoms with Crippen molar-refractivity contribution in [2.45, 2.75) is 38.6 Å². The van der Waals surface area contributed by atoms with E-state index in [0.717, 1.165) is 25.9 Å². The van der Waals surface area contributed by atoms with Gasteiger partial charge in [-0.2, -0.15) is 0 Å². The van der Waals surface area contributed by atoms with Crippen molar-refractivity contribution in [2.24, 2.45) is 16.5 Å². The van der Waals surface area contributed by atoms with Crippen LogP contribution in [0.4, 0.5) is 0 Å². The number of guanidine groups is 1. The third kappa shape index (κ3) is 4.06. The van der Waals surface area contributed by atoms with Gasteiger partial charge in [0.2, 0.25) is 0 Å². The van der Waals surface area contributed by atoms with Crippen LogP contribution in [-0.2, 0) is 9.63 Å². The van der Waals surface area contributed by atoms with Crippen LogP contribution in [0.3, 0.4) is 0 Å². The largest absolute Gasteiger partial charge is 0.370 e. The summed E-state index contributed by atoms with van der Waals surface area (Å²) in [5.74, 6) is -0.458. The molecule has 0 aromatic carbocycles. The molecule has 0 unspecified atom stereocenters. The van der Waals surface area contributed by atoms with Crippen molar-refractivity contribution in [3.05, 3.63) is 0 Å². The quantitative estimate of drug-likeness (QED) is 0.521. The van der Waals surface area contributed by atoms with E-state index in [0.29, 0.717) is 6.42 Å². The highest BCUT2D eigenvalue weighted by Gasteiger charge is 2.21. The Morgan fingerprint density at radius 2 is 2.00 bits per heavy atom. The van der Waals surface area contributed by atoms with Crippen LogP contribution in [0.2, 0.25) is 0 Å². The van der Waals surface area contributed by atoms with Crippen LogP contribution >= 0.6 is 0 Å². The SMILES string of the molecule is CC[C@H](N=C(N)N)C(=O)ON1CCCCC1. The molecule has 0 amide bonds. The van der Waals surface area contributed by atoms with Crippen LogP contribution in [-0.4, -0.2) is 36.1 Å². The number of carbonyl (C=O) groups is 1. The van der Waals surface area contributed by atoms with Gasteiger partial charge in [-0.25, -0.2) is 9.79 Å². The van der Waals surface area contributed by atoms with E-state index in [1.165, 1.54) is 6.42 Å². The molecule has 92 valence electrons. The summed E-state index contributed by atoms with van der Waals surface area (Å²) < 4.78 is 0. The maximum Gasteiger partial charge on any atom is 0.349 e. The summed E-state index contributed by atoms with van der Waals surface area (Å²) >= 11 is 0. The average molecular weight is 228 g/mol. The Morgan fingerprint density at radius 1 is 1.38 bits per heavy atom. The summed E-state index contributed by atoms with van der Waals surface area (Å²) in [6.07, 6.45) is 3.85. The maximum absolute atomic E-state index is 11.7. The van der Waals surface area contributed by atoms with Gasteiger partial charge in [-0.3, -0.25) is 0 Å². The second-order valence-electron chi connectivity index (χ2n) is 3.88. The number of piperidine rings is 1. The molecule has 6 nitrogen and oxygen atoms in total. The molecule has 0 bridgehead atoms. The Balaban J connectivity index is 2.45. The zero-order valence-electron chi connectivity index (χ0n) is 9.69. The van der Waals surface area contributed by atoms with Crippen LogP contribution in [0.1, 0.15) is 32.6 Å². The van der Waals surface area contributed by atoms with Gasteiger partial charge in [0, 0.05) is 13.1 Å². The van der Waals surface area contributed by atoms with E-state index in [1.54, 1.807) is 5.06 Å². The van der Waals surface area contributed by atoms with Crippen molar-refractivity contribution in [2.75, 3.05) is 13.1 Å². The Bertz CT molecular complexity index is 258. The van der Waals surface area contributed by atoms with Gasteiger partial charge >= 0.3 is 5.97 Å². The van der Waals surface area contributed by atoms with Crippen molar-refractivity contribution in [1.82, 2.24) is 5.06 Å². The zero-order valence-corrected chi connectivity index (χ0v) is 9.69. The normalized spacial score (nSPS) is 18.8. The van der Waals surface area contributed by atoms with Crippen LogP contribution in [0.25, 0.3) is 0 Å². The average Bonchev–Trinajstić information content (AvgIpc) is 2.26. The summed E-state index contributed by atoms with van der Waals surface area (Å²) in [5, 5.41) is 1.69. The molecule has 0 aromatic rings. The molecule has 1 aliphatic rings. The van der Waals surface area contributed by atoms with Crippen molar-refractivity contribution >= 4 is 11.9 Å². The summed E-state index contributed by atoms with van der Waals surface area (Å²) in [5.41, 5.74) is 10.5. The lowest BCUT2D eigenvalue weighted by Crippen LogP contribution is -2.37. The third-order valence-corrected chi connectivity index (χ3v) is 2.50. The van der Waals surface area contributed by atoms with E-state index in [4.69, 9.17) is 16.3 Å². The van der Waals surface area contributed by atoms with Gasteiger partial charge in [-0.1, -0.05) is 13.3 Å². The Hall–Kier alpha value is -1.30. The lowest BCUT2D eigenvalue weighted by molar-refractivity contribution is -0.195. The third-order valence-electron chi connectivity index (χ3n) is 2.50. The van der Waals surface area contributed by atoms with Crippen LogP contribution < -0.4 is 11.5 Å². The van der Waals surface area contributed by atoms with Crippen molar-refractivity contribution in [3.63, 3.8) is 0 Å². The van der Waals surface area contributed by atoms with Crippen LogP contribution in [0.15, 0.2) is 4.99 Å². The number of hydrogen-bond acceptors (Lipinski definition) is 4. The van der Waals surface area contributed by atoms with Crippen LogP contribution in [0, 0.1) is 0 Å². The minimum atomic E-state index is -0.591. The first-order valence-electron chi connectivity index (χ1n) is 5.69. The fraction of sp³-hybridized carbons (Fsp3) is 0.800. The molecule has 0 aliphatic carbocycles. The van der Waals surface area contributed by atoms with E-state index in [9.17, 15) is 4.79 Å². The monoisotopic (exact) mass is 228 g/mol. The molecular weight excluding hydrogens is 208 g/mol. The van der Waals surface area contributed by atoms with E-state index in [1.807, 2.05) is 6.92 Å². The fourth-order valence-corrected chi connectivity index (χ4v) is 1.63. The summed E-state index contributed by atoms with van der Waals surface area (Å²) in [6, 6.07) is -0.591. The van der Waals surface area contributed by atoms with Crippen molar-refractivity contribution in [3.8, 4) is 0 Å². The Labute approximate surface area is 95.6 Å². The first-order valence-corrected chi connectivity index (χ1v) is 5.69. The summed E-state index contributed by atoms with van der Waals surface area (Å²) in [6.45, 7) is 3.43. The molecule has 1 atom stereocenters. The molecule has 6 heteroatoms. The van der Waals surface area contributed by atoms with E-state index in [-0.39, 0.29) is 11.9 Å². The molecule has 1 aliphatic heterocycles. The number of hydrogen-bond donors (Lipinski definition) is 2. The lowest BCUT2D eigenvalue weighted by Gasteiger charge is -2.25. The fourth-order valence-electron chi connectivity index (χ4n) is 1.63. The molecule has 0 radical (unpaired) electrons. The molecule has 1 heterocycles. The number of nitrogens with zero attached hydrogens (tertiary/aromatic N) is 2. The topological polar surface area (TPSA) is 93.9 Å². The second kappa shape index (κ2) is 6.32. The van der Waals surface area contributed by atoms with Gasteiger partial charge < -0.3 is 16.3 Å². The molecule has 0 aromatic heterocycles. The summed E-state index contributed by atoms with van der Waals surface area (Å²) in [7, 11) is 0. The lowest BCUT2D eigenvalue weighted by atomic mass is 10.2. The van der Waals surface area contributed by atoms with Crippen LogP contribution in [0.5, 0.6) is 0 Å². The van der Waals surface area contributed by atoms with Crippen molar-refractivity contribution < 1.29 is 9.63 Å². The van der Waals surface area contributed by atoms with E-state index < -0.39 is 6.04 Å². The zero-order chi connectivity index (χ0) is 12.0. The molecular formula is C10H20N4O2. The van der Waals surface area contributed by atoms with Gasteiger partial charge in [0.25, 0.3) is 0 Å². The number of aliphatic imine (C=N–C) groups is 1. The highest BCUT2D eigenvalue weighted by molar-refractivity contribution is 5.82. The highest BCUT2D eigenvalue weighted by atomic mass is 16.7. The standard InChI is InChI=1S/C10H20N4O2/c1-2-8(13-10(11)12)9(15)16-14-6-4-3-5-7-14/h8H,2-7H2,1H3,(H4,11,12,13)/t8-/m0/s1. The molecule has 0 spiro atoms. The van der Waals surface area contributed by atoms with Gasteiger partial charge in [-0.15, -0.1) is 5.06 Å². The molecule has 0 saturated carbocycles. The first-order chi connectivity index (χ1) is 7.63. The first kappa shape index (κ1) is 12.8. The van der Waals surface area contributed by atoms with Crippen molar-refractivity contribution in [1.29, 1.82) is 0 Å². The molecule has 4 N–H and O–H groups in total. The predicted octanol–water partition coefficient (Wildman–Crippen LogP) is -0.0175. The second-order valence-corrected chi connectivity index (χ2v) is 3.88. The smallest absolute Gasteiger partial charge is 0.349 e. The Morgan fingerprint density at radius 3 is 2.50 bits per heavy atom. The van der Waals surface area contributed by atoms with E-state index in [2.05, 4.69) is 4.99 Å². The number of hydroxylamine groups is 2. The minimum absolute atomic E-state index is 0.0811. The number of rotatable bonds is 4. The minimum Gasteiger partial charge on any atom is -0.370 e. The predicted molar refractivity (Wildman–Crippen MR) is 61.4 cm³/mol. The maximum atomic E-state index is 11.7. The van der Waals surface area contributed by atoms with Gasteiger partial charge in [0.1, 0.15) is 0 Å². The number of nitrogens with two attached hydrogens (primary N) is 2. The molecule has 1 rings (SSSR count). The molecule has 16 heavy (non-hydrogen) atoms. The van der Waals surface area contributed by atoms with Gasteiger partial charge in [0.15, 0.2) is 12.0 Å². The summed E-state index contributed by atoms with van der Waals surface area (Å²) in [4.78, 5) is 20.7. The molecule has 1 saturated heterocycles. The number of carbonyl (C=O) groups excluding carboxylic acids is 1. The Kier molecular flexibility index (Phi) is 5.04. The molecule has 1 fully saturated rings.